The molecular formula is C12H21N3. The van der Waals surface area contributed by atoms with Gasteiger partial charge in [-0.05, 0) is 37.6 Å². The van der Waals surface area contributed by atoms with Crippen molar-refractivity contribution in [3.8, 4) is 0 Å². The molecule has 0 aliphatic heterocycles. The molecule has 3 nitrogen and oxygen atoms in total. The molecule has 0 aliphatic carbocycles. The predicted octanol–water partition coefficient (Wildman–Crippen LogP) is 2.14. The molecule has 1 rings (SSSR count). The normalized spacial score (nSPS) is 11.3. The van der Waals surface area contributed by atoms with Crippen LogP contribution in [-0.2, 0) is 6.54 Å². The largest absolute Gasteiger partial charge is 0.384 e. The quantitative estimate of drug-likeness (QED) is 0.804. The van der Waals surface area contributed by atoms with Crippen molar-refractivity contribution >= 4 is 5.82 Å². The zero-order valence-corrected chi connectivity index (χ0v) is 9.90. The lowest BCUT2D eigenvalue weighted by molar-refractivity contribution is 0.303. The van der Waals surface area contributed by atoms with Gasteiger partial charge in [-0.3, -0.25) is 0 Å². The van der Waals surface area contributed by atoms with Crippen molar-refractivity contribution in [2.45, 2.75) is 26.8 Å². The Morgan fingerprint density at radius 3 is 2.67 bits per heavy atom. The Labute approximate surface area is 92.3 Å². The summed E-state index contributed by atoms with van der Waals surface area (Å²) in [5.74, 6) is 1.35. The molecule has 1 aromatic rings. The van der Waals surface area contributed by atoms with Crippen LogP contribution < -0.4 is 5.73 Å². The number of aromatic nitrogens is 1. The average Bonchev–Trinajstić information content (AvgIpc) is 2.19. The summed E-state index contributed by atoms with van der Waals surface area (Å²) in [6.07, 6.45) is 3.08. The van der Waals surface area contributed by atoms with Gasteiger partial charge in [0.25, 0.3) is 0 Å². The van der Waals surface area contributed by atoms with E-state index in [1.807, 2.05) is 18.3 Å². The van der Waals surface area contributed by atoms with E-state index in [4.69, 9.17) is 5.73 Å². The summed E-state index contributed by atoms with van der Waals surface area (Å²) in [6.45, 7) is 6.57. The first kappa shape index (κ1) is 12.0. The van der Waals surface area contributed by atoms with Gasteiger partial charge in [0.1, 0.15) is 5.82 Å². The van der Waals surface area contributed by atoms with Crippen LogP contribution in [0.15, 0.2) is 18.3 Å². The fourth-order valence-corrected chi connectivity index (χ4v) is 1.40. The summed E-state index contributed by atoms with van der Waals surface area (Å²) in [5, 5.41) is 0. The number of rotatable bonds is 5. The highest BCUT2D eigenvalue weighted by atomic mass is 15.1. The third-order valence-electron chi connectivity index (χ3n) is 2.39. The monoisotopic (exact) mass is 207 g/mol. The second-order valence-electron chi connectivity index (χ2n) is 4.51. The van der Waals surface area contributed by atoms with E-state index in [9.17, 15) is 0 Å². The summed E-state index contributed by atoms with van der Waals surface area (Å²) in [7, 11) is 2.14. The van der Waals surface area contributed by atoms with Crippen LogP contribution in [0, 0.1) is 5.92 Å². The zero-order valence-electron chi connectivity index (χ0n) is 9.90. The highest BCUT2D eigenvalue weighted by molar-refractivity contribution is 5.29. The third-order valence-corrected chi connectivity index (χ3v) is 2.39. The van der Waals surface area contributed by atoms with Crippen molar-refractivity contribution in [2.24, 2.45) is 5.92 Å². The van der Waals surface area contributed by atoms with E-state index in [2.05, 4.69) is 30.8 Å². The van der Waals surface area contributed by atoms with Crippen molar-refractivity contribution in [2.75, 3.05) is 19.3 Å². The molecule has 3 heteroatoms. The Balaban J connectivity index is 2.37. The maximum absolute atomic E-state index is 5.53. The van der Waals surface area contributed by atoms with E-state index >= 15 is 0 Å². The molecule has 0 unspecified atom stereocenters. The van der Waals surface area contributed by atoms with Gasteiger partial charge in [0.2, 0.25) is 0 Å². The standard InChI is InChI=1S/C12H21N3/c1-10(2)6-7-15(3)9-11-4-5-12(13)14-8-11/h4-5,8,10H,6-7,9H2,1-3H3,(H2,13,14). The number of hydrogen-bond acceptors (Lipinski definition) is 3. The van der Waals surface area contributed by atoms with Gasteiger partial charge in [0, 0.05) is 12.7 Å². The third kappa shape index (κ3) is 4.79. The van der Waals surface area contributed by atoms with E-state index < -0.39 is 0 Å². The molecule has 0 atom stereocenters. The number of anilines is 1. The van der Waals surface area contributed by atoms with Gasteiger partial charge in [-0.2, -0.15) is 0 Å². The molecule has 0 radical (unpaired) electrons. The Hall–Kier alpha value is -1.09. The first-order valence-electron chi connectivity index (χ1n) is 5.47. The Morgan fingerprint density at radius 2 is 2.13 bits per heavy atom. The van der Waals surface area contributed by atoms with Crippen molar-refractivity contribution < 1.29 is 0 Å². The number of nitrogens with two attached hydrogens (primary N) is 1. The summed E-state index contributed by atoms with van der Waals surface area (Å²) >= 11 is 0. The molecule has 15 heavy (non-hydrogen) atoms. The minimum atomic E-state index is 0.587. The minimum Gasteiger partial charge on any atom is -0.384 e. The van der Waals surface area contributed by atoms with E-state index in [1.54, 1.807) is 0 Å². The van der Waals surface area contributed by atoms with E-state index in [0.717, 1.165) is 19.0 Å². The second kappa shape index (κ2) is 5.71. The van der Waals surface area contributed by atoms with Gasteiger partial charge in [-0.15, -0.1) is 0 Å². The molecule has 0 aromatic carbocycles. The van der Waals surface area contributed by atoms with Crippen LogP contribution in [0.3, 0.4) is 0 Å². The topological polar surface area (TPSA) is 42.1 Å². The lowest BCUT2D eigenvalue weighted by atomic mass is 10.1. The van der Waals surface area contributed by atoms with Crippen LogP contribution >= 0.6 is 0 Å². The first-order valence-corrected chi connectivity index (χ1v) is 5.47. The van der Waals surface area contributed by atoms with Gasteiger partial charge in [0.05, 0.1) is 0 Å². The van der Waals surface area contributed by atoms with Crippen molar-refractivity contribution in [3.05, 3.63) is 23.9 Å². The van der Waals surface area contributed by atoms with Gasteiger partial charge in [0.15, 0.2) is 0 Å². The maximum atomic E-state index is 5.53. The molecular weight excluding hydrogens is 186 g/mol. The summed E-state index contributed by atoms with van der Waals surface area (Å²) in [4.78, 5) is 6.39. The highest BCUT2D eigenvalue weighted by Gasteiger charge is 2.02. The molecule has 84 valence electrons. The molecule has 0 saturated carbocycles. The Morgan fingerprint density at radius 1 is 1.40 bits per heavy atom. The van der Waals surface area contributed by atoms with Crippen LogP contribution in [0.4, 0.5) is 5.82 Å². The van der Waals surface area contributed by atoms with E-state index in [-0.39, 0.29) is 0 Å². The van der Waals surface area contributed by atoms with Crippen LogP contribution in [0.5, 0.6) is 0 Å². The van der Waals surface area contributed by atoms with Gasteiger partial charge in [-0.25, -0.2) is 4.98 Å². The predicted molar refractivity (Wildman–Crippen MR) is 64.4 cm³/mol. The average molecular weight is 207 g/mol. The number of hydrogen-bond donors (Lipinski definition) is 1. The summed E-state index contributed by atoms with van der Waals surface area (Å²) in [6, 6.07) is 3.89. The van der Waals surface area contributed by atoms with Gasteiger partial charge < -0.3 is 10.6 Å². The summed E-state index contributed by atoms with van der Waals surface area (Å²) < 4.78 is 0. The van der Waals surface area contributed by atoms with Crippen LogP contribution in [-0.4, -0.2) is 23.5 Å². The van der Waals surface area contributed by atoms with Crippen molar-refractivity contribution in [1.82, 2.24) is 9.88 Å². The molecule has 0 aliphatic rings. The zero-order chi connectivity index (χ0) is 11.3. The Kier molecular flexibility index (Phi) is 4.56. The molecule has 0 fully saturated rings. The second-order valence-corrected chi connectivity index (χ2v) is 4.51. The SMILES string of the molecule is CC(C)CCN(C)Cc1ccc(N)nc1. The van der Waals surface area contributed by atoms with Crippen molar-refractivity contribution in [1.29, 1.82) is 0 Å². The van der Waals surface area contributed by atoms with Gasteiger partial charge >= 0.3 is 0 Å². The fourth-order valence-electron chi connectivity index (χ4n) is 1.40. The Bertz CT molecular complexity index is 279. The number of nitrogens with zero attached hydrogens (tertiary/aromatic N) is 2. The van der Waals surface area contributed by atoms with Crippen LogP contribution in [0.25, 0.3) is 0 Å². The molecule has 1 heterocycles. The summed E-state index contributed by atoms with van der Waals surface area (Å²) in [5.41, 5.74) is 6.75. The maximum Gasteiger partial charge on any atom is 0.123 e. The van der Waals surface area contributed by atoms with Crippen LogP contribution in [0.1, 0.15) is 25.8 Å². The van der Waals surface area contributed by atoms with E-state index in [0.29, 0.717) is 5.82 Å². The minimum absolute atomic E-state index is 0.587. The molecule has 1 aromatic heterocycles. The molecule has 0 amide bonds. The first-order chi connectivity index (χ1) is 7.08. The molecule has 0 spiro atoms. The van der Waals surface area contributed by atoms with Crippen molar-refractivity contribution in [3.63, 3.8) is 0 Å². The van der Waals surface area contributed by atoms with E-state index in [1.165, 1.54) is 12.0 Å². The number of nitrogen functional groups attached to an aromatic ring is 1. The molecule has 2 N–H and O–H groups in total. The number of pyridine rings is 1. The smallest absolute Gasteiger partial charge is 0.123 e. The lowest BCUT2D eigenvalue weighted by Crippen LogP contribution is -2.20. The lowest BCUT2D eigenvalue weighted by Gasteiger charge is -2.17. The fraction of sp³-hybridized carbons (Fsp3) is 0.583. The van der Waals surface area contributed by atoms with Gasteiger partial charge in [-0.1, -0.05) is 19.9 Å². The molecule has 0 bridgehead atoms. The van der Waals surface area contributed by atoms with Crippen LogP contribution in [0.2, 0.25) is 0 Å². The molecule has 0 saturated heterocycles. The highest BCUT2D eigenvalue weighted by Crippen LogP contribution is 2.06.